The summed E-state index contributed by atoms with van der Waals surface area (Å²) in [7, 11) is 0. The summed E-state index contributed by atoms with van der Waals surface area (Å²) in [6.45, 7) is 3.06. The molecule has 4 N–H and O–H groups in total. The molecule has 0 bridgehead atoms. The number of carbonyl (C=O) groups is 2. The van der Waals surface area contributed by atoms with E-state index in [1.165, 1.54) is 23.5 Å². The highest BCUT2D eigenvalue weighted by Gasteiger charge is 2.26. The van der Waals surface area contributed by atoms with Crippen molar-refractivity contribution in [2.75, 3.05) is 31.6 Å². The lowest BCUT2D eigenvalue weighted by Gasteiger charge is -2.28. The Morgan fingerprint density at radius 1 is 1.28 bits per heavy atom. The van der Waals surface area contributed by atoms with E-state index in [4.69, 9.17) is 19.9 Å². The number of fused-ring (bicyclic) bond motifs is 1. The first-order valence-electron chi connectivity index (χ1n) is 11.6. The van der Waals surface area contributed by atoms with Gasteiger partial charge in [-0.3, -0.25) is 4.79 Å². The van der Waals surface area contributed by atoms with Crippen molar-refractivity contribution < 1.29 is 28.2 Å². The van der Waals surface area contributed by atoms with E-state index >= 15 is 0 Å². The third kappa shape index (κ3) is 6.17. The summed E-state index contributed by atoms with van der Waals surface area (Å²) >= 11 is 1.35. The van der Waals surface area contributed by atoms with Gasteiger partial charge < -0.3 is 30.6 Å². The highest BCUT2D eigenvalue weighted by atomic mass is 32.1. The number of thiazole rings is 1. The second kappa shape index (κ2) is 11.9. The number of ether oxygens (including phenoxy) is 3. The number of hydrogen-bond acceptors (Lipinski definition) is 9. The highest BCUT2D eigenvalue weighted by Crippen LogP contribution is 2.39. The fourth-order valence-corrected chi connectivity index (χ4v) is 4.44. The van der Waals surface area contributed by atoms with Crippen LogP contribution in [0.25, 0.3) is 0 Å². The number of nitrogens with zero attached hydrogens (tertiary/aromatic N) is 1. The Morgan fingerprint density at radius 3 is 2.86 bits per heavy atom. The normalized spacial score (nSPS) is 14.6. The molecule has 2 aromatic carbocycles. The maximum absolute atomic E-state index is 14.6. The third-order valence-electron chi connectivity index (χ3n) is 5.47. The van der Waals surface area contributed by atoms with Crippen LogP contribution in [-0.4, -0.2) is 43.2 Å². The van der Waals surface area contributed by atoms with E-state index in [1.807, 2.05) is 6.07 Å². The van der Waals surface area contributed by atoms with Crippen LogP contribution < -0.4 is 25.8 Å². The SMILES string of the molecule is CCOC(=O)c1ccc(Oc2cc3c(cc2OCCN)CCNC3CC(=O)Nc2nccs2)cc1F. The molecule has 0 saturated carbocycles. The van der Waals surface area contributed by atoms with Gasteiger partial charge in [0.1, 0.15) is 18.2 Å². The zero-order valence-corrected chi connectivity index (χ0v) is 20.5. The lowest BCUT2D eigenvalue weighted by Crippen LogP contribution is -2.32. The van der Waals surface area contributed by atoms with Crippen LogP contribution in [0.5, 0.6) is 17.2 Å². The number of benzene rings is 2. The van der Waals surface area contributed by atoms with Gasteiger partial charge in [-0.1, -0.05) is 0 Å². The van der Waals surface area contributed by atoms with E-state index in [0.717, 1.165) is 23.6 Å². The molecule has 1 unspecified atom stereocenters. The minimum Gasteiger partial charge on any atom is -0.488 e. The molecule has 9 nitrogen and oxygen atoms in total. The molecule has 11 heteroatoms. The first-order chi connectivity index (χ1) is 17.5. The number of rotatable bonds is 10. The van der Waals surface area contributed by atoms with Crippen molar-refractivity contribution in [2.45, 2.75) is 25.8 Å². The van der Waals surface area contributed by atoms with Crippen LogP contribution in [0.15, 0.2) is 41.9 Å². The maximum Gasteiger partial charge on any atom is 0.341 e. The molecule has 0 fully saturated rings. The number of carbonyl (C=O) groups excluding carboxylic acids is 2. The van der Waals surface area contributed by atoms with Crippen LogP contribution in [0.3, 0.4) is 0 Å². The largest absolute Gasteiger partial charge is 0.488 e. The van der Waals surface area contributed by atoms with Crippen LogP contribution in [-0.2, 0) is 16.0 Å². The van der Waals surface area contributed by atoms with Gasteiger partial charge in [-0.15, -0.1) is 11.3 Å². The molecule has 1 aromatic heterocycles. The number of hydrogen-bond donors (Lipinski definition) is 3. The Balaban J connectivity index is 1.59. The highest BCUT2D eigenvalue weighted by molar-refractivity contribution is 7.13. The Labute approximate surface area is 211 Å². The van der Waals surface area contributed by atoms with Gasteiger partial charge in [-0.05, 0) is 55.3 Å². The number of anilines is 1. The lowest BCUT2D eigenvalue weighted by atomic mass is 9.91. The summed E-state index contributed by atoms with van der Waals surface area (Å²) in [5.74, 6) is -0.682. The molecule has 1 amide bonds. The van der Waals surface area contributed by atoms with E-state index in [0.29, 0.717) is 29.7 Å². The molecule has 1 atom stereocenters. The van der Waals surface area contributed by atoms with Gasteiger partial charge in [0.2, 0.25) is 5.91 Å². The van der Waals surface area contributed by atoms with Crippen molar-refractivity contribution in [3.8, 4) is 17.2 Å². The molecule has 3 aromatic rings. The van der Waals surface area contributed by atoms with E-state index in [9.17, 15) is 14.0 Å². The zero-order valence-electron chi connectivity index (χ0n) is 19.7. The van der Waals surface area contributed by atoms with Gasteiger partial charge in [0.25, 0.3) is 0 Å². The summed E-state index contributed by atoms with van der Waals surface area (Å²) in [6.07, 6.45) is 2.56. The number of esters is 1. The van der Waals surface area contributed by atoms with Crippen LogP contribution in [0.1, 0.15) is 40.9 Å². The molecule has 0 radical (unpaired) electrons. The van der Waals surface area contributed by atoms with Crippen molar-refractivity contribution in [1.82, 2.24) is 10.3 Å². The summed E-state index contributed by atoms with van der Waals surface area (Å²) in [4.78, 5) is 28.6. The molecule has 190 valence electrons. The maximum atomic E-state index is 14.6. The minimum atomic E-state index is -0.758. The molecule has 1 aliphatic heterocycles. The van der Waals surface area contributed by atoms with Gasteiger partial charge in [-0.2, -0.15) is 0 Å². The Kier molecular flexibility index (Phi) is 8.47. The lowest BCUT2D eigenvalue weighted by molar-refractivity contribution is -0.116. The minimum absolute atomic E-state index is 0.143. The molecular weight excluding hydrogens is 487 g/mol. The second-order valence-electron chi connectivity index (χ2n) is 7.95. The molecule has 36 heavy (non-hydrogen) atoms. The summed E-state index contributed by atoms with van der Waals surface area (Å²) < 4.78 is 31.3. The van der Waals surface area contributed by atoms with Crippen LogP contribution in [0, 0.1) is 5.82 Å². The standard InChI is InChI=1S/C25H27FN4O5S/c1-2-33-24(32)17-4-3-16(12-19(17)26)35-22-13-18-15(11-21(22)34-9-6-27)5-7-28-20(18)14-23(31)30-25-29-8-10-36-25/h3-4,8,10-13,20,28H,2,5-7,9,14,27H2,1H3,(H,29,30,31). The fourth-order valence-electron chi connectivity index (χ4n) is 3.89. The summed E-state index contributed by atoms with van der Waals surface area (Å²) in [6, 6.07) is 7.33. The topological polar surface area (TPSA) is 125 Å². The number of halogens is 1. The average Bonchev–Trinajstić information content (AvgIpc) is 3.36. The van der Waals surface area contributed by atoms with Crippen LogP contribution >= 0.6 is 11.3 Å². The molecule has 0 aliphatic carbocycles. The summed E-state index contributed by atoms with van der Waals surface area (Å²) in [5, 5.41) is 8.51. The quantitative estimate of drug-likeness (QED) is 0.349. The number of aromatic nitrogens is 1. The molecular formula is C25H27FN4O5S. The molecule has 2 heterocycles. The number of nitrogens with two attached hydrogens (primary N) is 1. The first kappa shape index (κ1) is 25.5. The zero-order chi connectivity index (χ0) is 25.5. The van der Waals surface area contributed by atoms with Gasteiger partial charge in [0, 0.05) is 36.7 Å². The fraction of sp³-hybridized carbons (Fsp3) is 0.320. The van der Waals surface area contributed by atoms with Crippen molar-refractivity contribution in [3.63, 3.8) is 0 Å². The van der Waals surface area contributed by atoms with Crippen molar-refractivity contribution in [2.24, 2.45) is 5.73 Å². The van der Waals surface area contributed by atoms with Gasteiger partial charge in [-0.25, -0.2) is 14.2 Å². The van der Waals surface area contributed by atoms with Crippen molar-refractivity contribution in [1.29, 1.82) is 0 Å². The number of nitrogens with one attached hydrogen (secondary N) is 2. The smallest absolute Gasteiger partial charge is 0.341 e. The predicted molar refractivity (Wildman–Crippen MR) is 133 cm³/mol. The Bertz CT molecular complexity index is 1220. The van der Waals surface area contributed by atoms with Crippen LogP contribution in [0.4, 0.5) is 9.52 Å². The van der Waals surface area contributed by atoms with E-state index < -0.39 is 11.8 Å². The third-order valence-corrected chi connectivity index (χ3v) is 6.16. The Morgan fingerprint density at radius 2 is 2.14 bits per heavy atom. The van der Waals surface area contributed by atoms with E-state index in [1.54, 1.807) is 24.6 Å². The van der Waals surface area contributed by atoms with Crippen LogP contribution in [0.2, 0.25) is 0 Å². The van der Waals surface area contributed by atoms with E-state index in [2.05, 4.69) is 15.6 Å². The van der Waals surface area contributed by atoms with Gasteiger partial charge >= 0.3 is 5.97 Å². The molecule has 4 rings (SSSR count). The Hall–Kier alpha value is -3.54. The monoisotopic (exact) mass is 514 g/mol. The van der Waals surface area contributed by atoms with Gasteiger partial charge in [0.15, 0.2) is 16.6 Å². The van der Waals surface area contributed by atoms with Crippen molar-refractivity contribution in [3.05, 3.63) is 64.4 Å². The average molecular weight is 515 g/mol. The van der Waals surface area contributed by atoms with E-state index in [-0.39, 0.29) is 42.9 Å². The molecule has 1 aliphatic rings. The molecule has 0 spiro atoms. The molecule has 0 saturated heterocycles. The second-order valence-corrected chi connectivity index (χ2v) is 8.84. The first-order valence-corrected chi connectivity index (χ1v) is 12.4. The summed E-state index contributed by atoms with van der Waals surface area (Å²) in [5.41, 5.74) is 7.35. The van der Waals surface area contributed by atoms with Crippen molar-refractivity contribution >= 4 is 28.3 Å². The number of amides is 1. The van der Waals surface area contributed by atoms with Gasteiger partial charge in [0.05, 0.1) is 12.2 Å². The predicted octanol–water partition coefficient (Wildman–Crippen LogP) is 3.80.